The van der Waals surface area contributed by atoms with Gasteiger partial charge < -0.3 is 5.73 Å². The van der Waals surface area contributed by atoms with E-state index in [1.54, 1.807) is 0 Å². The van der Waals surface area contributed by atoms with Crippen LogP contribution in [0.15, 0.2) is 24.3 Å². The van der Waals surface area contributed by atoms with E-state index < -0.39 is 0 Å². The average Bonchev–Trinajstić information content (AvgIpc) is 2.14. The lowest BCUT2D eigenvalue weighted by Gasteiger charge is -2.30. The van der Waals surface area contributed by atoms with E-state index in [1.807, 2.05) is 0 Å². The number of hydrogen-bond donors (Lipinski definition) is 1. The van der Waals surface area contributed by atoms with Gasteiger partial charge in [0.25, 0.3) is 0 Å². The van der Waals surface area contributed by atoms with E-state index in [0.29, 0.717) is 6.42 Å². The molecule has 1 rings (SSSR count). The summed E-state index contributed by atoms with van der Waals surface area (Å²) in [4.78, 5) is 11.1. The Kier molecular flexibility index (Phi) is 3.74. The first-order chi connectivity index (χ1) is 7.30. The van der Waals surface area contributed by atoms with Crippen LogP contribution in [0, 0.1) is 12.3 Å². The molecule has 2 nitrogen and oxygen atoms in total. The molecule has 0 spiro atoms. The highest BCUT2D eigenvalue weighted by Crippen LogP contribution is 2.37. The zero-order valence-corrected chi connectivity index (χ0v) is 10.6. The minimum absolute atomic E-state index is 0.0459. The first-order valence-electron chi connectivity index (χ1n) is 5.65. The van der Waals surface area contributed by atoms with Gasteiger partial charge in [0, 0.05) is 6.42 Å². The third-order valence-electron chi connectivity index (χ3n) is 2.93. The van der Waals surface area contributed by atoms with Gasteiger partial charge in [0.1, 0.15) is 0 Å². The van der Waals surface area contributed by atoms with E-state index in [0.717, 1.165) is 0 Å². The van der Waals surface area contributed by atoms with Crippen LogP contribution < -0.4 is 5.73 Å². The number of nitrogens with two attached hydrogens (primary N) is 1. The normalized spacial score (nSPS) is 13.5. The summed E-state index contributed by atoms with van der Waals surface area (Å²) in [6.45, 7) is 8.48. The standard InChI is InChI=1S/C14H21NO/c1-10-5-7-11(8-6-10)12(9-13(15)16)14(2,3)4/h5-8,12H,9H2,1-4H3,(H2,15,16). The molecular formula is C14H21NO. The van der Waals surface area contributed by atoms with Gasteiger partial charge >= 0.3 is 0 Å². The molecule has 0 saturated carbocycles. The van der Waals surface area contributed by atoms with E-state index in [1.165, 1.54) is 11.1 Å². The van der Waals surface area contributed by atoms with Gasteiger partial charge in [-0.15, -0.1) is 0 Å². The Balaban J connectivity index is 3.01. The molecule has 1 atom stereocenters. The van der Waals surface area contributed by atoms with Gasteiger partial charge in [-0.05, 0) is 23.8 Å². The minimum Gasteiger partial charge on any atom is -0.370 e. The molecule has 1 unspecified atom stereocenters. The summed E-state index contributed by atoms with van der Waals surface area (Å²) >= 11 is 0. The second-order valence-corrected chi connectivity index (χ2v) is 5.50. The lowest BCUT2D eigenvalue weighted by Crippen LogP contribution is -2.24. The van der Waals surface area contributed by atoms with Crippen LogP contribution in [0.1, 0.15) is 44.2 Å². The Labute approximate surface area is 97.9 Å². The molecule has 0 heterocycles. The van der Waals surface area contributed by atoms with Crippen LogP contribution in [-0.2, 0) is 4.79 Å². The van der Waals surface area contributed by atoms with Crippen molar-refractivity contribution < 1.29 is 4.79 Å². The highest BCUT2D eigenvalue weighted by molar-refractivity contribution is 5.75. The van der Waals surface area contributed by atoms with E-state index in [2.05, 4.69) is 52.0 Å². The molecule has 0 saturated heterocycles. The molecule has 88 valence electrons. The first-order valence-corrected chi connectivity index (χ1v) is 5.65. The fourth-order valence-corrected chi connectivity index (χ4v) is 1.92. The van der Waals surface area contributed by atoms with Crippen molar-refractivity contribution in [1.29, 1.82) is 0 Å². The zero-order chi connectivity index (χ0) is 12.3. The quantitative estimate of drug-likeness (QED) is 0.834. The van der Waals surface area contributed by atoms with E-state index >= 15 is 0 Å². The van der Waals surface area contributed by atoms with Gasteiger partial charge in [0.15, 0.2) is 0 Å². The molecule has 0 aromatic heterocycles. The fraction of sp³-hybridized carbons (Fsp3) is 0.500. The van der Waals surface area contributed by atoms with Crippen LogP contribution in [0.5, 0.6) is 0 Å². The third kappa shape index (κ3) is 3.37. The summed E-state index contributed by atoms with van der Waals surface area (Å²) in [7, 11) is 0. The molecule has 16 heavy (non-hydrogen) atoms. The summed E-state index contributed by atoms with van der Waals surface area (Å²) in [6.07, 6.45) is 0.409. The molecule has 2 heteroatoms. The largest absolute Gasteiger partial charge is 0.370 e. The number of aryl methyl sites for hydroxylation is 1. The van der Waals surface area contributed by atoms with Gasteiger partial charge in [-0.3, -0.25) is 4.79 Å². The number of hydrogen-bond acceptors (Lipinski definition) is 1. The van der Waals surface area contributed by atoms with E-state index in [-0.39, 0.29) is 17.2 Å². The van der Waals surface area contributed by atoms with Crippen LogP contribution in [0.4, 0.5) is 0 Å². The van der Waals surface area contributed by atoms with Crippen molar-refractivity contribution in [3.05, 3.63) is 35.4 Å². The number of carbonyl (C=O) groups excluding carboxylic acids is 1. The maximum atomic E-state index is 11.1. The molecule has 1 aromatic carbocycles. The molecule has 0 fully saturated rings. The molecule has 0 radical (unpaired) electrons. The second kappa shape index (κ2) is 4.69. The Bertz CT molecular complexity index is 359. The van der Waals surface area contributed by atoms with Crippen molar-refractivity contribution in [2.75, 3.05) is 0 Å². The molecule has 0 bridgehead atoms. The van der Waals surface area contributed by atoms with Crippen LogP contribution in [0.3, 0.4) is 0 Å². The number of rotatable bonds is 3. The topological polar surface area (TPSA) is 43.1 Å². The number of amides is 1. The van der Waals surface area contributed by atoms with E-state index in [4.69, 9.17) is 5.73 Å². The highest BCUT2D eigenvalue weighted by atomic mass is 16.1. The van der Waals surface area contributed by atoms with Gasteiger partial charge in [-0.1, -0.05) is 50.6 Å². The monoisotopic (exact) mass is 219 g/mol. The van der Waals surface area contributed by atoms with E-state index in [9.17, 15) is 4.79 Å². The number of benzene rings is 1. The SMILES string of the molecule is Cc1ccc(C(CC(N)=O)C(C)(C)C)cc1. The summed E-state index contributed by atoms with van der Waals surface area (Å²) in [6, 6.07) is 8.34. The first kappa shape index (κ1) is 12.8. The summed E-state index contributed by atoms with van der Waals surface area (Å²) < 4.78 is 0. The zero-order valence-electron chi connectivity index (χ0n) is 10.6. The predicted molar refractivity (Wildman–Crippen MR) is 67.2 cm³/mol. The number of primary amides is 1. The van der Waals surface area contributed by atoms with Crippen LogP contribution in [0.25, 0.3) is 0 Å². The Morgan fingerprint density at radius 2 is 1.75 bits per heavy atom. The molecule has 1 aromatic rings. The van der Waals surface area contributed by atoms with Crippen molar-refractivity contribution in [2.45, 2.75) is 40.0 Å². The summed E-state index contributed by atoms with van der Waals surface area (Å²) in [5, 5.41) is 0. The highest BCUT2D eigenvalue weighted by Gasteiger charge is 2.27. The smallest absolute Gasteiger partial charge is 0.218 e. The summed E-state index contributed by atoms with van der Waals surface area (Å²) in [5.74, 6) is -0.0499. The second-order valence-electron chi connectivity index (χ2n) is 5.50. The lowest BCUT2D eigenvalue weighted by molar-refractivity contribution is -0.118. The van der Waals surface area contributed by atoms with Gasteiger partial charge in [0.05, 0.1) is 0 Å². The Morgan fingerprint density at radius 3 is 2.12 bits per heavy atom. The van der Waals surface area contributed by atoms with Crippen molar-refractivity contribution in [3.63, 3.8) is 0 Å². The average molecular weight is 219 g/mol. The lowest BCUT2D eigenvalue weighted by atomic mass is 9.74. The maximum Gasteiger partial charge on any atom is 0.218 e. The molecule has 0 aliphatic rings. The van der Waals surface area contributed by atoms with Crippen LogP contribution in [0.2, 0.25) is 0 Å². The van der Waals surface area contributed by atoms with Crippen LogP contribution in [-0.4, -0.2) is 5.91 Å². The minimum atomic E-state index is -0.236. The Morgan fingerprint density at radius 1 is 1.25 bits per heavy atom. The third-order valence-corrected chi connectivity index (χ3v) is 2.93. The van der Waals surface area contributed by atoms with Gasteiger partial charge in [0.2, 0.25) is 5.91 Å². The van der Waals surface area contributed by atoms with Crippen molar-refractivity contribution in [1.82, 2.24) is 0 Å². The molecule has 1 amide bonds. The Hall–Kier alpha value is -1.31. The van der Waals surface area contributed by atoms with Crippen LogP contribution >= 0.6 is 0 Å². The fourth-order valence-electron chi connectivity index (χ4n) is 1.92. The van der Waals surface area contributed by atoms with Crippen molar-refractivity contribution >= 4 is 5.91 Å². The molecule has 0 aliphatic heterocycles. The van der Waals surface area contributed by atoms with Crippen molar-refractivity contribution in [2.24, 2.45) is 11.1 Å². The molecule has 2 N–H and O–H groups in total. The maximum absolute atomic E-state index is 11.1. The number of carbonyl (C=O) groups is 1. The predicted octanol–water partition coefficient (Wildman–Crippen LogP) is 3.00. The van der Waals surface area contributed by atoms with Crippen molar-refractivity contribution in [3.8, 4) is 0 Å². The molecular weight excluding hydrogens is 198 g/mol. The van der Waals surface area contributed by atoms with Gasteiger partial charge in [-0.25, -0.2) is 0 Å². The molecule has 0 aliphatic carbocycles. The van der Waals surface area contributed by atoms with Gasteiger partial charge in [-0.2, -0.15) is 0 Å². The summed E-state index contributed by atoms with van der Waals surface area (Å²) in [5.41, 5.74) is 7.79.